The number of hydrogen-bond donors (Lipinski definition) is 4. The molecule has 1 heterocycles. The van der Waals surface area contributed by atoms with Crippen molar-refractivity contribution in [3.63, 3.8) is 0 Å². The maximum atomic E-state index is 14.1. The number of nitrogens with one attached hydrogen (secondary N) is 2. The number of rotatable bonds is 12. The van der Waals surface area contributed by atoms with Gasteiger partial charge in [-0.05, 0) is 68.7 Å². The van der Waals surface area contributed by atoms with E-state index in [2.05, 4.69) is 31.4 Å². The number of ether oxygens (including phenoxy) is 1. The molecule has 6 rings (SSSR count). The maximum Gasteiger partial charge on any atom is 0.251 e. The van der Waals surface area contributed by atoms with Crippen LogP contribution in [0.15, 0.2) is 36.4 Å². The summed E-state index contributed by atoms with van der Waals surface area (Å²) in [6.07, 6.45) is 0.532. The molecule has 4 N–H and O–H groups in total. The van der Waals surface area contributed by atoms with Crippen LogP contribution in [0.25, 0.3) is 11.1 Å². The second-order valence-corrected chi connectivity index (χ2v) is 14.9. The Labute approximate surface area is 280 Å². The highest BCUT2D eigenvalue weighted by Crippen LogP contribution is 2.61. The first-order chi connectivity index (χ1) is 22.3. The van der Waals surface area contributed by atoms with Gasteiger partial charge >= 0.3 is 0 Å². The van der Waals surface area contributed by atoms with Gasteiger partial charge in [-0.3, -0.25) is 14.4 Å². The van der Waals surface area contributed by atoms with E-state index in [1.165, 1.54) is 6.42 Å². The number of carbonyl (C=O) groups is 2. The molecule has 0 spiro atoms. The lowest BCUT2D eigenvalue weighted by atomic mass is 9.45. The number of aliphatic hydroxyl groups is 2. The van der Waals surface area contributed by atoms with E-state index in [9.17, 15) is 19.8 Å². The van der Waals surface area contributed by atoms with Crippen LogP contribution >= 0.6 is 0 Å². The standard InChI is InChI=1S/C36H53BN4O6/c1-20-28-16-25(36(28,3)4)17-29(20)39-35(45)32-31(21(2)43)30(19-42)47-41(32)18-22-9-8-10-27(33(22)46-7)23-13-24(15-26(37)14-23)34(44)38-11-12-40(5)6/h8-10,13-15,20-21,25,28-32,42-43H,11-12,16-19,37H2,1-7H3,(H,38,44)(H,39,45)/t20-,21-,25+,28-,29-,30-,31+,32?/m0/s1. The van der Waals surface area contributed by atoms with Gasteiger partial charge in [0.1, 0.15) is 25.7 Å². The van der Waals surface area contributed by atoms with E-state index in [1.807, 2.05) is 63.2 Å². The number of methoxy groups -OCH3 is 1. The summed E-state index contributed by atoms with van der Waals surface area (Å²) in [5.74, 6) is 1.15. The molecule has 8 atom stereocenters. The van der Waals surface area contributed by atoms with Crippen molar-refractivity contribution < 1.29 is 29.4 Å². The van der Waals surface area contributed by atoms with Gasteiger partial charge in [-0.2, -0.15) is 5.06 Å². The van der Waals surface area contributed by atoms with Crippen molar-refractivity contribution in [2.75, 3.05) is 40.9 Å². The topological polar surface area (TPSA) is 124 Å². The SMILES string of the molecule is Bc1cc(C(=O)NCCN(C)C)cc(-c2cccc(CN3O[C@@H](CO)[C@@H]([C@H](C)O)C3C(=O)N[C@H]3C[C@H]4C[C@@H]([C@@H]3C)C4(C)C)c2OC)c1. The van der Waals surface area contributed by atoms with E-state index in [1.54, 1.807) is 19.1 Å². The zero-order valence-electron chi connectivity index (χ0n) is 29.2. The Bertz CT molecular complexity index is 1450. The van der Waals surface area contributed by atoms with E-state index in [-0.39, 0.29) is 31.0 Å². The fourth-order valence-corrected chi connectivity index (χ4v) is 8.39. The third-order valence-electron chi connectivity index (χ3n) is 11.2. The number of hydroxylamine groups is 2. The minimum Gasteiger partial charge on any atom is -0.496 e. The highest BCUT2D eigenvalue weighted by atomic mass is 16.7. The van der Waals surface area contributed by atoms with E-state index in [0.717, 1.165) is 35.1 Å². The van der Waals surface area contributed by atoms with Crippen LogP contribution in [0, 0.1) is 29.1 Å². The van der Waals surface area contributed by atoms with Crippen LogP contribution in [0.3, 0.4) is 0 Å². The van der Waals surface area contributed by atoms with Crippen LogP contribution in [-0.4, -0.2) is 105 Å². The van der Waals surface area contributed by atoms with Gasteiger partial charge in [-0.1, -0.05) is 56.6 Å². The molecule has 4 fully saturated rings. The summed E-state index contributed by atoms with van der Waals surface area (Å²) in [6.45, 7) is 9.70. The van der Waals surface area contributed by atoms with Crippen molar-refractivity contribution >= 4 is 25.1 Å². The Hall–Kier alpha value is -2.96. The number of hydrogen-bond acceptors (Lipinski definition) is 8. The van der Waals surface area contributed by atoms with Crippen LogP contribution in [0.2, 0.25) is 0 Å². The number of benzene rings is 2. The average Bonchev–Trinajstić information content (AvgIpc) is 3.39. The van der Waals surface area contributed by atoms with Crippen LogP contribution < -0.4 is 20.8 Å². The summed E-state index contributed by atoms with van der Waals surface area (Å²) in [5.41, 5.74) is 4.22. The Kier molecular flexibility index (Phi) is 10.7. The first kappa shape index (κ1) is 35.4. The number of carbonyl (C=O) groups excluding carboxylic acids is 2. The summed E-state index contributed by atoms with van der Waals surface area (Å²) >= 11 is 0. The number of amides is 2. The number of aliphatic hydroxyl groups excluding tert-OH is 2. The smallest absolute Gasteiger partial charge is 0.251 e. The fraction of sp³-hybridized carbons (Fsp3) is 0.611. The molecule has 47 heavy (non-hydrogen) atoms. The third-order valence-corrected chi connectivity index (χ3v) is 11.2. The molecule has 0 radical (unpaired) electrons. The Morgan fingerprint density at radius 3 is 2.57 bits per heavy atom. The number of nitrogens with zero attached hydrogens (tertiary/aromatic N) is 2. The van der Waals surface area contributed by atoms with E-state index >= 15 is 0 Å². The lowest BCUT2D eigenvalue weighted by Crippen LogP contribution is -2.62. The minimum atomic E-state index is -0.883. The molecular weight excluding hydrogens is 595 g/mol. The van der Waals surface area contributed by atoms with Crippen LogP contribution in [0.4, 0.5) is 0 Å². The predicted molar refractivity (Wildman–Crippen MR) is 185 cm³/mol. The quantitative estimate of drug-likeness (QED) is 0.256. The molecule has 1 aliphatic heterocycles. The van der Waals surface area contributed by atoms with Crippen molar-refractivity contribution in [3.8, 4) is 16.9 Å². The largest absolute Gasteiger partial charge is 0.496 e. The average molecular weight is 649 g/mol. The monoisotopic (exact) mass is 648 g/mol. The van der Waals surface area contributed by atoms with Gasteiger partial charge in [0.25, 0.3) is 5.91 Å². The Morgan fingerprint density at radius 2 is 1.96 bits per heavy atom. The fourth-order valence-electron chi connectivity index (χ4n) is 8.39. The van der Waals surface area contributed by atoms with Crippen LogP contribution in [0.1, 0.15) is 56.5 Å². The maximum absolute atomic E-state index is 14.1. The van der Waals surface area contributed by atoms with E-state index in [4.69, 9.17) is 9.57 Å². The lowest BCUT2D eigenvalue weighted by molar-refractivity contribution is -0.183. The summed E-state index contributed by atoms with van der Waals surface area (Å²) in [6, 6.07) is 10.8. The minimum absolute atomic E-state index is 0.0532. The van der Waals surface area contributed by atoms with Gasteiger partial charge in [0.15, 0.2) is 0 Å². The molecule has 11 heteroatoms. The number of fused-ring (bicyclic) bond motifs is 2. The molecule has 2 aromatic carbocycles. The summed E-state index contributed by atoms with van der Waals surface area (Å²) in [7, 11) is 7.49. The molecule has 2 amide bonds. The summed E-state index contributed by atoms with van der Waals surface area (Å²) in [5, 5.41) is 29.0. The molecule has 3 saturated carbocycles. The van der Waals surface area contributed by atoms with Gasteiger partial charge in [-0.25, -0.2) is 0 Å². The van der Waals surface area contributed by atoms with Gasteiger partial charge in [0.2, 0.25) is 5.91 Å². The third kappa shape index (κ3) is 7.10. The number of para-hydroxylation sites is 1. The summed E-state index contributed by atoms with van der Waals surface area (Å²) in [4.78, 5) is 35.4. The van der Waals surface area contributed by atoms with Crippen molar-refractivity contribution in [2.24, 2.45) is 29.1 Å². The first-order valence-corrected chi connectivity index (χ1v) is 17.0. The van der Waals surface area contributed by atoms with Crippen molar-refractivity contribution in [3.05, 3.63) is 47.5 Å². The molecule has 4 aliphatic rings. The predicted octanol–water partition coefficient (Wildman–Crippen LogP) is 1.57. The molecule has 1 saturated heterocycles. The zero-order chi connectivity index (χ0) is 34.2. The summed E-state index contributed by atoms with van der Waals surface area (Å²) < 4.78 is 5.98. The van der Waals surface area contributed by atoms with Crippen molar-refractivity contribution in [2.45, 2.75) is 71.4 Å². The lowest BCUT2D eigenvalue weighted by Gasteiger charge is -2.62. The van der Waals surface area contributed by atoms with Crippen molar-refractivity contribution in [1.82, 2.24) is 20.6 Å². The molecule has 2 aromatic rings. The molecule has 1 unspecified atom stereocenters. The van der Waals surface area contributed by atoms with Gasteiger partial charge in [0, 0.05) is 41.7 Å². The highest BCUT2D eigenvalue weighted by Gasteiger charge is 2.57. The van der Waals surface area contributed by atoms with Crippen molar-refractivity contribution in [1.29, 1.82) is 0 Å². The Morgan fingerprint density at radius 1 is 1.21 bits per heavy atom. The Balaban J connectivity index is 1.41. The molecular formula is C36H53BN4O6. The molecule has 2 bridgehead atoms. The van der Waals surface area contributed by atoms with E-state index in [0.29, 0.717) is 41.0 Å². The zero-order valence-corrected chi connectivity index (χ0v) is 29.2. The molecule has 3 aliphatic carbocycles. The number of likely N-dealkylation sites (N-methyl/N-ethyl adjacent to an activating group) is 1. The normalized spacial score (nSPS) is 28.9. The van der Waals surface area contributed by atoms with E-state index < -0.39 is 24.2 Å². The second kappa shape index (κ2) is 14.3. The van der Waals surface area contributed by atoms with Crippen LogP contribution in [0.5, 0.6) is 5.75 Å². The molecule has 0 aromatic heterocycles. The van der Waals surface area contributed by atoms with Crippen LogP contribution in [-0.2, 0) is 16.2 Å². The molecule has 10 nitrogen and oxygen atoms in total. The first-order valence-electron chi connectivity index (χ1n) is 17.0. The van der Waals surface area contributed by atoms with Gasteiger partial charge in [0.05, 0.1) is 26.4 Å². The second-order valence-electron chi connectivity index (χ2n) is 14.9. The van der Waals surface area contributed by atoms with Gasteiger partial charge in [-0.15, -0.1) is 0 Å². The molecule has 256 valence electrons. The highest BCUT2D eigenvalue weighted by molar-refractivity contribution is 6.33. The van der Waals surface area contributed by atoms with Gasteiger partial charge < -0.3 is 30.5 Å².